The van der Waals surface area contributed by atoms with Crippen molar-refractivity contribution in [3.05, 3.63) is 17.4 Å². The van der Waals surface area contributed by atoms with Gasteiger partial charge in [0.2, 0.25) is 0 Å². The van der Waals surface area contributed by atoms with Crippen LogP contribution in [0.2, 0.25) is 5.15 Å². The average molecular weight is 197 g/mol. The summed E-state index contributed by atoms with van der Waals surface area (Å²) in [5.74, 6) is 0.760. The summed E-state index contributed by atoms with van der Waals surface area (Å²) in [5.41, 5.74) is 0.899. The van der Waals surface area contributed by atoms with Gasteiger partial charge in [0, 0.05) is 12.7 Å². The summed E-state index contributed by atoms with van der Waals surface area (Å²) in [4.78, 5) is 3.99. The fourth-order valence-electron chi connectivity index (χ4n) is 1.22. The van der Waals surface area contributed by atoms with Gasteiger partial charge in [-0.1, -0.05) is 11.6 Å². The molecule has 2 aromatic heterocycles. The molecule has 68 valence electrons. The first kappa shape index (κ1) is 8.31. The van der Waals surface area contributed by atoms with Gasteiger partial charge in [0.25, 0.3) is 0 Å². The molecular formula is C8H9ClN4. The van der Waals surface area contributed by atoms with Crippen molar-refractivity contribution < 1.29 is 0 Å². The summed E-state index contributed by atoms with van der Waals surface area (Å²) in [7, 11) is 0. The molecule has 0 unspecified atom stereocenters. The van der Waals surface area contributed by atoms with Crippen LogP contribution in [-0.2, 0) is 0 Å². The van der Waals surface area contributed by atoms with E-state index in [2.05, 4.69) is 20.5 Å². The molecule has 4 nitrogen and oxygen atoms in total. The van der Waals surface area contributed by atoms with Crippen LogP contribution in [-0.4, -0.2) is 21.7 Å². The molecule has 13 heavy (non-hydrogen) atoms. The van der Waals surface area contributed by atoms with Gasteiger partial charge in [-0.25, -0.2) is 4.98 Å². The number of halogens is 1. The Labute approximate surface area is 80.3 Å². The number of H-pyrrole nitrogens is 1. The van der Waals surface area contributed by atoms with Crippen LogP contribution in [0.3, 0.4) is 0 Å². The zero-order valence-corrected chi connectivity index (χ0v) is 7.89. The molecule has 0 amide bonds. The van der Waals surface area contributed by atoms with E-state index in [1.54, 1.807) is 6.20 Å². The summed E-state index contributed by atoms with van der Waals surface area (Å²) < 4.78 is 0. The van der Waals surface area contributed by atoms with E-state index in [-0.39, 0.29) is 0 Å². The fraction of sp³-hybridized carbons (Fsp3) is 0.250. The molecule has 2 aromatic rings. The number of nitrogens with one attached hydrogen (secondary N) is 2. The van der Waals surface area contributed by atoms with Gasteiger partial charge in [0.1, 0.15) is 5.15 Å². The van der Waals surface area contributed by atoms with Crippen LogP contribution in [0.5, 0.6) is 0 Å². The maximum absolute atomic E-state index is 5.93. The zero-order valence-electron chi connectivity index (χ0n) is 7.13. The second kappa shape index (κ2) is 3.22. The molecule has 0 fully saturated rings. The summed E-state index contributed by atoms with van der Waals surface area (Å²) in [5, 5.41) is 11.4. The van der Waals surface area contributed by atoms with Crippen molar-refractivity contribution in [3.63, 3.8) is 0 Å². The average Bonchev–Trinajstić information content (AvgIpc) is 2.51. The van der Waals surface area contributed by atoms with Gasteiger partial charge < -0.3 is 5.32 Å². The number of aromatic nitrogens is 3. The second-order valence-corrected chi connectivity index (χ2v) is 2.98. The monoisotopic (exact) mass is 196 g/mol. The van der Waals surface area contributed by atoms with Gasteiger partial charge >= 0.3 is 0 Å². The second-order valence-electron chi connectivity index (χ2n) is 2.63. The normalized spacial score (nSPS) is 10.6. The molecule has 2 rings (SSSR count). The van der Waals surface area contributed by atoms with E-state index in [0.29, 0.717) is 5.15 Å². The minimum Gasteiger partial charge on any atom is -0.368 e. The number of anilines is 1. The Balaban J connectivity index is 2.64. The molecule has 0 bridgehead atoms. The van der Waals surface area contributed by atoms with Gasteiger partial charge in [0.05, 0.1) is 10.9 Å². The van der Waals surface area contributed by atoms with Crippen LogP contribution in [0.25, 0.3) is 10.9 Å². The molecule has 5 heteroatoms. The van der Waals surface area contributed by atoms with Crippen LogP contribution in [0.1, 0.15) is 6.92 Å². The molecule has 0 spiro atoms. The quantitative estimate of drug-likeness (QED) is 0.723. The van der Waals surface area contributed by atoms with Crippen LogP contribution >= 0.6 is 11.6 Å². The molecule has 0 saturated heterocycles. The highest BCUT2D eigenvalue weighted by atomic mass is 35.5. The smallest absolute Gasteiger partial charge is 0.158 e. The Morgan fingerprint density at radius 3 is 3.23 bits per heavy atom. The Bertz CT molecular complexity index is 423. The summed E-state index contributed by atoms with van der Waals surface area (Å²) >= 11 is 5.93. The van der Waals surface area contributed by atoms with Crippen molar-refractivity contribution in [1.82, 2.24) is 15.2 Å². The van der Waals surface area contributed by atoms with Gasteiger partial charge in [0.15, 0.2) is 5.82 Å². The van der Waals surface area contributed by atoms with Gasteiger partial charge in [-0.3, -0.25) is 5.10 Å². The van der Waals surface area contributed by atoms with E-state index >= 15 is 0 Å². The van der Waals surface area contributed by atoms with E-state index in [1.807, 2.05) is 13.0 Å². The summed E-state index contributed by atoms with van der Waals surface area (Å²) in [6.45, 7) is 2.82. The minimum atomic E-state index is 0.474. The lowest BCUT2D eigenvalue weighted by atomic mass is 10.3. The summed E-state index contributed by atoms with van der Waals surface area (Å²) in [6.07, 6.45) is 1.65. The van der Waals surface area contributed by atoms with Crippen molar-refractivity contribution in [2.24, 2.45) is 0 Å². The van der Waals surface area contributed by atoms with Gasteiger partial charge in [-0.2, -0.15) is 5.10 Å². The number of fused-ring (bicyclic) bond motifs is 1. The first-order chi connectivity index (χ1) is 6.33. The Kier molecular flexibility index (Phi) is 2.06. The third kappa shape index (κ3) is 1.33. The third-order valence-electron chi connectivity index (χ3n) is 1.77. The molecule has 2 N–H and O–H groups in total. The van der Waals surface area contributed by atoms with Crippen molar-refractivity contribution in [1.29, 1.82) is 0 Å². The van der Waals surface area contributed by atoms with Gasteiger partial charge in [-0.05, 0) is 13.0 Å². The highest BCUT2D eigenvalue weighted by Crippen LogP contribution is 2.25. The van der Waals surface area contributed by atoms with Crippen molar-refractivity contribution in [3.8, 4) is 0 Å². The minimum absolute atomic E-state index is 0.474. The largest absolute Gasteiger partial charge is 0.368 e. The highest BCUT2D eigenvalue weighted by molar-refractivity contribution is 6.35. The van der Waals surface area contributed by atoms with Crippen LogP contribution < -0.4 is 5.32 Å². The number of hydrogen-bond acceptors (Lipinski definition) is 3. The van der Waals surface area contributed by atoms with Crippen molar-refractivity contribution >= 4 is 28.3 Å². The Hall–Kier alpha value is -1.29. The van der Waals surface area contributed by atoms with E-state index in [0.717, 1.165) is 23.3 Å². The topological polar surface area (TPSA) is 53.6 Å². The van der Waals surface area contributed by atoms with Crippen LogP contribution in [0, 0.1) is 0 Å². The van der Waals surface area contributed by atoms with Gasteiger partial charge in [-0.15, -0.1) is 0 Å². The fourth-order valence-corrected chi connectivity index (χ4v) is 1.47. The lowest BCUT2D eigenvalue weighted by molar-refractivity contribution is 1.08. The van der Waals surface area contributed by atoms with Crippen molar-refractivity contribution in [2.75, 3.05) is 11.9 Å². The lowest BCUT2D eigenvalue weighted by Crippen LogP contribution is -1.97. The molecule has 0 aromatic carbocycles. The maximum atomic E-state index is 5.93. The number of aromatic amines is 1. The van der Waals surface area contributed by atoms with Crippen molar-refractivity contribution in [2.45, 2.75) is 6.92 Å². The van der Waals surface area contributed by atoms with E-state index in [9.17, 15) is 0 Å². The zero-order chi connectivity index (χ0) is 9.26. The SMILES string of the molecule is CCNc1n[nH]c2ccnc(Cl)c12. The standard InChI is InChI=1S/C8H9ClN4/c1-2-10-8-6-5(12-13-8)3-4-11-7(6)9/h3-4H,2H2,1H3,(H2,10,12,13). The van der Waals surface area contributed by atoms with E-state index in [4.69, 9.17) is 11.6 Å². The molecule has 0 aliphatic carbocycles. The van der Waals surface area contributed by atoms with Crippen LogP contribution in [0.15, 0.2) is 12.3 Å². The number of rotatable bonds is 2. The molecular weight excluding hydrogens is 188 g/mol. The van der Waals surface area contributed by atoms with E-state index in [1.165, 1.54) is 0 Å². The number of pyridine rings is 1. The predicted octanol–water partition coefficient (Wildman–Crippen LogP) is 2.04. The molecule has 0 atom stereocenters. The summed E-state index contributed by atoms with van der Waals surface area (Å²) in [6, 6.07) is 1.84. The first-order valence-electron chi connectivity index (χ1n) is 4.05. The lowest BCUT2D eigenvalue weighted by Gasteiger charge is -1.98. The molecule has 0 aliphatic heterocycles. The predicted molar refractivity (Wildman–Crippen MR) is 53.1 cm³/mol. The third-order valence-corrected chi connectivity index (χ3v) is 2.06. The first-order valence-corrected chi connectivity index (χ1v) is 4.43. The molecule has 0 saturated carbocycles. The van der Waals surface area contributed by atoms with Crippen LogP contribution in [0.4, 0.5) is 5.82 Å². The number of hydrogen-bond donors (Lipinski definition) is 2. The molecule has 0 aliphatic rings. The Morgan fingerprint density at radius 1 is 1.62 bits per heavy atom. The number of nitrogens with zero attached hydrogens (tertiary/aromatic N) is 2. The maximum Gasteiger partial charge on any atom is 0.158 e. The van der Waals surface area contributed by atoms with E-state index < -0.39 is 0 Å². The molecule has 0 radical (unpaired) electrons. The highest BCUT2D eigenvalue weighted by Gasteiger charge is 2.08. The Morgan fingerprint density at radius 2 is 2.46 bits per heavy atom. The molecule has 2 heterocycles.